The molecule has 0 saturated heterocycles. The zero-order valence-corrected chi connectivity index (χ0v) is 20.1. The highest BCUT2D eigenvalue weighted by Crippen LogP contribution is 2.29. The number of aryl methyl sites for hydroxylation is 2. The van der Waals surface area contributed by atoms with Gasteiger partial charge in [-0.3, -0.25) is 4.79 Å². The lowest BCUT2D eigenvalue weighted by molar-refractivity contribution is -0.118. The number of halogens is 1. The molecule has 156 valence electrons. The van der Waals surface area contributed by atoms with E-state index in [1.165, 1.54) is 16.7 Å². The number of aromatic nitrogens is 1. The number of hydrogen-bond acceptors (Lipinski definition) is 3. The fourth-order valence-corrected chi connectivity index (χ4v) is 4.55. The van der Waals surface area contributed by atoms with E-state index in [2.05, 4.69) is 107 Å². The number of rotatable bonds is 7. The van der Waals surface area contributed by atoms with Crippen LogP contribution in [0, 0.1) is 27.7 Å². The Balaban J connectivity index is 1.60. The van der Waals surface area contributed by atoms with Gasteiger partial charge in [0, 0.05) is 32.9 Å². The molecule has 0 aliphatic heterocycles. The molecule has 0 saturated carbocycles. The zero-order chi connectivity index (χ0) is 21.7. The standard InChI is InChI=1S/C24H26BrN3OS/c1-16-5-9-20(10-6-16)14-30-15-23(29)27-26-13-22-18(3)28(19(4)24(22)25)21-11-7-17(2)8-12-21/h5-13H,14-15H2,1-4H3,(H,27,29)/b26-13-. The van der Waals surface area contributed by atoms with Gasteiger partial charge in [-0.25, -0.2) is 5.43 Å². The number of nitrogens with zero attached hydrogens (tertiary/aromatic N) is 2. The van der Waals surface area contributed by atoms with Crippen molar-refractivity contribution in [3.05, 3.63) is 86.6 Å². The maximum atomic E-state index is 12.1. The lowest BCUT2D eigenvalue weighted by Crippen LogP contribution is -2.19. The highest BCUT2D eigenvalue weighted by Gasteiger charge is 2.15. The van der Waals surface area contributed by atoms with Gasteiger partial charge < -0.3 is 4.57 Å². The molecule has 0 spiro atoms. The minimum Gasteiger partial charge on any atom is -0.317 e. The number of amides is 1. The van der Waals surface area contributed by atoms with Crippen molar-refractivity contribution in [1.29, 1.82) is 0 Å². The monoisotopic (exact) mass is 483 g/mol. The number of carbonyl (C=O) groups excluding carboxylic acids is 1. The van der Waals surface area contributed by atoms with Crippen molar-refractivity contribution in [1.82, 2.24) is 9.99 Å². The normalized spacial score (nSPS) is 11.2. The van der Waals surface area contributed by atoms with Gasteiger partial charge in [-0.15, -0.1) is 11.8 Å². The quantitative estimate of drug-likeness (QED) is 0.338. The highest BCUT2D eigenvalue weighted by molar-refractivity contribution is 9.10. The third-order valence-electron chi connectivity index (χ3n) is 4.91. The van der Waals surface area contributed by atoms with E-state index >= 15 is 0 Å². The van der Waals surface area contributed by atoms with Gasteiger partial charge in [0.1, 0.15) is 0 Å². The van der Waals surface area contributed by atoms with Crippen LogP contribution in [0.5, 0.6) is 0 Å². The molecule has 1 aromatic heterocycles. The summed E-state index contributed by atoms with van der Waals surface area (Å²) in [7, 11) is 0. The highest BCUT2D eigenvalue weighted by atomic mass is 79.9. The Labute approximate surface area is 190 Å². The third kappa shape index (κ3) is 5.43. The molecule has 1 N–H and O–H groups in total. The molecule has 3 aromatic rings. The molecule has 0 aliphatic rings. The molecule has 0 atom stereocenters. The molecule has 0 fully saturated rings. The first-order valence-corrected chi connectivity index (χ1v) is 11.7. The lowest BCUT2D eigenvalue weighted by Gasteiger charge is -2.09. The molecular formula is C24H26BrN3OS. The Morgan fingerprint density at radius 3 is 2.23 bits per heavy atom. The molecule has 30 heavy (non-hydrogen) atoms. The molecule has 3 rings (SSSR count). The summed E-state index contributed by atoms with van der Waals surface area (Å²) in [5, 5.41) is 4.18. The number of nitrogens with one attached hydrogen (secondary N) is 1. The molecule has 4 nitrogen and oxygen atoms in total. The first kappa shape index (κ1) is 22.4. The van der Waals surface area contributed by atoms with E-state index in [1.807, 2.05) is 0 Å². The fourth-order valence-electron chi connectivity index (χ4n) is 3.20. The zero-order valence-electron chi connectivity index (χ0n) is 17.7. The van der Waals surface area contributed by atoms with Crippen LogP contribution in [0.4, 0.5) is 0 Å². The van der Waals surface area contributed by atoms with E-state index in [0.717, 1.165) is 32.9 Å². The number of thioether (sulfide) groups is 1. The predicted octanol–water partition coefficient (Wildman–Crippen LogP) is 5.86. The summed E-state index contributed by atoms with van der Waals surface area (Å²) in [6.07, 6.45) is 1.71. The second-order valence-corrected chi connectivity index (χ2v) is 9.12. The van der Waals surface area contributed by atoms with Crippen LogP contribution < -0.4 is 5.43 Å². The van der Waals surface area contributed by atoms with Crippen molar-refractivity contribution in [3.8, 4) is 5.69 Å². The average Bonchev–Trinajstić information content (AvgIpc) is 2.93. The van der Waals surface area contributed by atoms with Crippen LogP contribution in [0.25, 0.3) is 5.69 Å². The van der Waals surface area contributed by atoms with Gasteiger partial charge in [0.05, 0.1) is 12.0 Å². The minimum atomic E-state index is -0.105. The van der Waals surface area contributed by atoms with E-state index in [-0.39, 0.29) is 5.91 Å². The summed E-state index contributed by atoms with van der Waals surface area (Å²) in [6.45, 7) is 8.26. The van der Waals surface area contributed by atoms with Crippen molar-refractivity contribution >= 4 is 39.8 Å². The van der Waals surface area contributed by atoms with Crippen LogP contribution in [0.1, 0.15) is 33.6 Å². The van der Waals surface area contributed by atoms with Gasteiger partial charge >= 0.3 is 0 Å². The number of carbonyl (C=O) groups is 1. The summed E-state index contributed by atoms with van der Waals surface area (Å²) in [4.78, 5) is 12.1. The van der Waals surface area contributed by atoms with Gasteiger partial charge in [-0.2, -0.15) is 5.10 Å². The molecule has 1 amide bonds. The summed E-state index contributed by atoms with van der Waals surface area (Å²) < 4.78 is 3.16. The first-order chi connectivity index (χ1) is 14.4. The molecular weight excluding hydrogens is 458 g/mol. The molecule has 0 aliphatic carbocycles. The van der Waals surface area contributed by atoms with Crippen LogP contribution in [0.2, 0.25) is 0 Å². The van der Waals surface area contributed by atoms with Gasteiger partial charge in [0.2, 0.25) is 5.91 Å². The topological polar surface area (TPSA) is 46.4 Å². The van der Waals surface area contributed by atoms with E-state index in [4.69, 9.17) is 0 Å². The minimum absolute atomic E-state index is 0.105. The molecule has 1 heterocycles. The maximum absolute atomic E-state index is 12.1. The summed E-state index contributed by atoms with van der Waals surface area (Å²) in [5.74, 6) is 1.07. The summed E-state index contributed by atoms with van der Waals surface area (Å²) in [5.41, 5.74) is 10.5. The van der Waals surface area contributed by atoms with E-state index in [1.54, 1.807) is 18.0 Å². The van der Waals surface area contributed by atoms with Crippen LogP contribution in [0.15, 0.2) is 58.1 Å². The van der Waals surface area contributed by atoms with Gasteiger partial charge in [-0.1, -0.05) is 47.5 Å². The van der Waals surface area contributed by atoms with Gasteiger partial charge in [0.25, 0.3) is 0 Å². The number of benzene rings is 2. The molecule has 0 bridgehead atoms. The smallest absolute Gasteiger partial charge is 0.250 e. The fraction of sp³-hybridized carbons (Fsp3) is 0.250. The van der Waals surface area contributed by atoms with Crippen molar-refractivity contribution in [2.45, 2.75) is 33.4 Å². The van der Waals surface area contributed by atoms with Gasteiger partial charge in [0.15, 0.2) is 0 Å². The second kappa shape index (κ2) is 10.1. The lowest BCUT2D eigenvalue weighted by atomic mass is 10.2. The van der Waals surface area contributed by atoms with E-state index < -0.39 is 0 Å². The first-order valence-electron chi connectivity index (χ1n) is 9.76. The average molecular weight is 484 g/mol. The van der Waals surface area contributed by atoms with Crippen LogP contribution >= 0.6 is 27.7 Å². The predicted molar refractivity (Wildman–Crippen MR) is 131 cm³/mol. The number of hydrogen-bond donors (Lipinski definition) is 1. The molecule has 0 radical (unpaired) electrons. The van der Waals surface area contributed by atoms with E-state index in [0.29, 0.717) is 5.75 Å². The Morgan fingerprint density at radius 1 is 1.00 bits per heavy atom. The Morgan fingerprint density at radius 2 is 1.60 bits per heavy atom. The Bertz CT molecular complexity index is 1050. The van der Waals surface area contributed by atoms with Gasteiger partial charge in [-0.05, 0) is 61.3 Å². The Hall–Kier alpha value is -2.31. The van der Waals surface area contributed by atoms with Crippen LogP contribution in [-0.4, -0.2) is 22.4 Å². The Kier molecular flexibility index (Phi) is 7.56. The van der Waals surface area contributed by atoms with Crippen molar-refractivity contribution < 1.29 is 4.79 Å². The van der Waals surface area contributed by atoms with Crippen LogP contribution in [-0.2, 0) is 10.5 Å². The maximum Gasteiger partial charge on any atom is 0.250 e. The van der Waals surface area contributed by atoms with Crippen molar-refractivity contribution in [3.63, 3.8) is 0 Å². The van der Waals surface area contributed by atoms with Crippen molar-refractivity contribution in [2.24, 2.45) is 5.10 Å². The molecule has 2 aromatic carbocycles. The largest absolute Gasteiger partial charge is 0.317 e. The second-order valence-electron chi connectivity index (χ2n) is 7.34. The van der Waals surface area contributed by atoms with Crippen molar-refractivity contribution in [2.75, 3.05) is 5.75 Å². The molecule has 6 heteroatoms. The van der Waals surface area contributed by atoms with Crippen LogP contribution in [0.3, 0.4) is 0 Å². The number of hydrazone groups is 1. The molecule has 0 unspecified atom stereocenters. The third-order valence-corrected chi connectivity index (χ3v) is 6.92. The van der Waals surface area contributed by atoms with E-state index in [9.17, 15) is 4.79 Å². The summed E-state index contributed by atoms with van der Waals surface area (Å²) >= 11 is 5.25. The summed E-state index contributed by atoms with van der Waals surface area (Å²) in [6, 6.07) is 16.8. The SMILES string of the molecule is Cc1ccc(CSCC(=O)N/N=C\c2c(Br)c(C)n(-c3ccc(C)cc3)c2C)cc1.